The summed E-state index contributed by atoms with van der Waals surface area (Å²) in [6.07, 6.45) is 0.891. The Morgan fingerprint density at radius 2 is 1.78 bits per heavy atom. The van der Waals surface area contributed by atoms with Crippen LogP contribution >= 0.6 is 0 Å². The fourth-order valence-electron chi connectivity index (χ4n) is 0.294. The van der Waals surface area contributed by atoms with E-state index in [4.69, 9.17) is 5.11 Å². The third kappa shape index (κ3) is 3.46. The molecule has 0 aromatic rings. The van der Waals surface area contributed by atoms with E-state index < -0.39 is 11.5 Å². The zero-order valence-electron chi connectivity index (χ0n) is 5.34. The molecule has 0 amide bonds. The molecule has 0 aliphatic carbocycles. The van der Waals surface area contributed by atoms with Crippen LogP contribution in [-0.4, -0.2) is 16.7 Å². The molecule has 0 bridgehead atoms. The van der Waals surface area contributed by atoms with E-state index >= 15 is 0 Å². The third-order valence-electron chi connectivity index (χ3n) is 0.701. The first kappa shape index (κ1) is 7.88. The molecule has 50 valence electrons. The molecule has 0 saturated carbocycles. The summed E-state index contributed by atoms with van der Waals surface area (Å²) in [5.74, 6) is -1.31. The summed E-state index contributed by atoms with van der Waals surface area (Å²) in [6, 6.07) is 0. The lowest BCUT2D eigenvalue weighted by molar-refractivity contribution is -0.117. The lowest BCUT2D eigenvalue weighted by Gasteiger charge is -1.87. The first-order chi connectivity index (χ1) is 4.04. The van der Waals surface area contributed by atoms with Crippen LogP contribution in [0.5, 0.6) is 0 Å². The third-order valence-corrected chi connectivity index (χ3v) is 0.701. The van der Waals surface area contributed by atoms with Crippen LogP contribution in [0.25, 0.3) is 0 Å². The highest BCUT2D eigenvalue weighted by Crippen LogP contribution is 1.88. The lowest BCUT2D eigenvalue weighted by Crippen LogP contribution is -1.97. The van der Waals surface area contributed by atoms with E-state index in [0.29, 0.717) is 0 Å². The highest BCUT2D eigenvalue weighted by molar-refractivity contribution is 5.98. The summed E-state index contributed by atoms with van der Waals surface area (Å²) in [7, 11) is 0. The molecule has 0 aromatic carbocycles. The van der Waals surface area contributed by atoms with Crippen molar-refractivity contribution in [2.75, 3.05) is 0 Å². The van der Waals surface area contributed by atoms with E-state index in [1.807, 2.05) is 0 Å². The van der Waals surface area contributed by atoms with Gasteiger partial charge in [0.15, 0.2) is 17.3 Å². The van der Waals surface area contributed by atoms with E-state index in [0.717, 1.165) is 6.08 Å². The molecular formula is C6H8O3. The van der Waals surface area contributed by atoms with Crippen LogP contribution in [0.1, 0.15) is 13.8 Å². The molecule has 1 N–H and O–H groups in total. The highest BCUT2D eigenvalue weighted by Gasteiger charge is 1.99. The van der Waals surface area contributed by atoms with Crippen LogP contribution in [0.3, 0.4) is 0 Å². The van der Waals surface area contributed by atoms with Gasteiger partial charge in [-0.15, -0.1) is 0 Å². The monoisotopic (exact) mass is 128 g/mol. The maximum absolute atomic E-state index is 10.2. The second kappa shape index (κ2) is 3.02. The van der Waals surface area contributed by atoms with Gasteiger partial charge in [0.2, 0.25) is 0 Å². The van der Waals surface area contributed by atoms with Crippen LogP contribution in [0, 0.1) is 0 Å². The van der Waals surface area contributed by atoms with Gasteiger partial charge in [-0.05, 0) is 6.92 Å². The molecule has 0 radical (unpaired) electrons. The van der Waals surface area contributed by atoms with E-state index in [1.165, 1.54) is 13.8 Å². The Morgan fingerprint density at radius 3 is 1.89 bits per heavy atom. The summed E-state index contributed by atoms with van der Waals surface area (Å²) in [4.78, 5) is 20.4. The number of Topliss-reactive ketones (excluding diaryl/α,β-unsaturated/α-hetero) is 1. The topological polar surface area (TPSA) is 54.4 Å². The van der Waals surface area contributed by atoms with Crippen molar-refractivity contribution >= 4 is 11.6 Å². The molecule has 0 spiro atoms. The Bertz CT molecular complexity index is 167. The van der Waals surface area contributed by atoms with Gasteiger partial charge < -0.3 is 5.11 Å². The quantitative estimate of drug-likeness (QED) is 0.437. The summed E-state index contributed by atoms with van der Waals surface area (Å²) >= 11 is 0. The van der Waals surface area contributed by atoms with Crippen LogP contribution < -0.4 is 0 Å². The molecule has 0 heterocycles. The summed E-state index contributed by atoms with van der Waals surface area (Å²) in [5.41, 5.74) is 0. The number of aliphatic hydroxyl groups is 1. The van der Waals surface area contributed by atoms with Gasteiger partial charge in [0.05, 0.1) is 0 Å². The Morgan fingerprint density at radius 1 is 1.33 bits per heavy atom. The number of ketones is 2. The van der Waals surface area contributed by atoms with Crippen LogP contribution in [0.4, 0.5) is 0 Å². The Labute approximate surface area is 53.0 Å². The van der Waals surface area contributed by atoms with Crippen LogP contribution in [0.2, 0.25) is 0 Å². The number of allylic oxidation sites excluding steroid dienone is 2. The van der Waals surface area contributed by atoms with Gasteiger partial charge in [0, 0.05) is 13.0 Å². The van der Waals surface area contributed by atoms with Crippen molar-refractivity contribution in [3.8, 4) is 0 Å². The molecule has 3 heteroatoms. The maximum Gasteiger partial charge on any atom is 0.194 e. The fourth-order valence-corrected chi connectivity index (χ4v) is 0.294. The summed E-state index contributed by atoms with van der Waals surface area (Å²) in [5, 5.41) is 8.59. The first-order valence-corrected chi connectivity index (χ1v) is 2.46. The first-order valence-electron chi connectivity index (χ1n) is 2.46. The second-order valence-corrected chi connectivity index (χ2v) is 1.70. The molecule has 0 aliphatic rings. The molecule has 0 aliphatic heterocycles. The van der Waals surface area contributed by atoms with Crippen LogP contribution in [0.15, 0.2) is 11.8 Å². The normalized spacial score (nSPS) is 11.1. The number of aliphatic hydroxyl groups excluding tert-OH is 1. The van der Waals surface area contributed by atoms with E-state index in [2.05, 4.69) is 0 Å². The summed E-state index contributed by atoms with van der Waals surface area (Å²) in [6.45, 7) is 2.45. The SMILES string of the molecule is CC(=O)/C=C(\O)C(C)=O. The number of carbonyl (C=O) groups is 2. The summed E-state index contributed by atoms with van der Waals surface area (Å²) < 4.78 is 0. The number of carbonyl (C=O) groups excluding carboxylic acids is 2. The largest absolute Gasteiger partial charge is 0.504 e. The Balaban J connectivity index is 4.17. The standard InChI is InChI=1S/C6H8O3/c1-4(7)3-6(9)5(2)8/h3,9H,1-2H3/b6-3-. The molecule has 0 atom stereocenters. The van der Waals surface area contributed by atoms with Gasteiger partial charge >= 0.3 is 0 Å². The average Bonchev–Trinajstić information content (AvgIpc) is 1.63. The minimum atomic E-state index is -0.495. The number of hydrogen-bond donors (Lipinski definition) is 1. The van der Waals surface area contributed by atoms with E-state index in [9.17, 15) is 9.59 Å². The minimum Gasteiger partial charge on any atom is -0.504 e. The van der Waals surface area contributed by atoms with Crippen molar-refractivity contribution < 1.29 is 14.7 Å². The van der Waals surface area contributed by atoms with Crippen molar-refractivity contribution in [2.45, 2.75) is 13.8 Å². The Hall–Kier alpha value is -1.12. The average molecular weight is 128 g/mol. The molecule has 3 nitrogen and oxygen atoms in total. The molecule has 0 fully saturated rings. The van der Waals surface area contributed by atoms with Crippen LogP contribution in [-0.2, 0) is 9.59 Å². The number of rotatable bonds is 2. The van der Waals surface area contributed by atoms with Gasteiger partial charge in [-0.25, -0.2) is 0 Å². The zero-order valence-corrected chi connectivity index (χ0v) is 5.34. The fraction of sp³-hybridized carbons (Fsp3) is 0.333. The Kier molecular flexibility index (Phi) is 2.64. The van der Waals surface area contributed by atoms with Crippen molar-refractivity contribution in [1.29, 1.82) is 0 Å². The predicted molar refractivity (Wildman–Crippen MR) is 32.1 cm³/mol. The molecule has 0 unspecified atom stereocenters. The van der Waals surface area contributed by atoms with Gasteiger partial charge in [-0.3, -0.25) is 9.59 Å². The van der Waals surface area contributed by atoms with E-state index in [1.54, 1.807) is 0 Å². The van der Waals surface area contributed by atoms with Gasteiger partial charge in [-0.1, -0.05) is 0 Å². The molecule has 0 saturated heterocycles. The zero-order chi connectivity index (χ0) is 7.44. The smallest absolute Gasteiger partial charge is 0.194 e. The van der Waals surface area contributed by atoms with Crippen molar-refractivity contribution in [3.63, 3.8) is 0 Å². The van der Waals surface area contributed by atoms with Crippen molar-refractivity contribution in [3.05, 3.63) is 11.8 Å². The lowest BCUT2D eigenvalue weighted by atomic mass is 10.3. The second-order valence-electron chi connectivity index (χ2n) is 1.70. The molecule has 0 rings (SSSR count). The van der Waals surface area contributed by atoms with Gasteiger partial charge in [0.25, 0.3) is 0 Å². The van der Waals surface area contributed by atoms with Crippen molar-refractivity contribution in [2.24, 2.45) is 0 Å². The predicted octanol–water partition coefficient (Wildman–Crippen LogP) is 0.606. The number of hydrogen-bond acceptors (Lipinski definition) is 3. The molecule has 9 heavy (non-hydrogen) atoms. The van der Waals surface area contributed by atoms with E-state index in [-0.39, 0.29) is 5.78 Å². The van der Waals surface area contributed by atoms with Gasteiger partial charge in [-0.2, -0.15) is 0 Å². The molecule has 0 aromatic heterocycles. The maximum atomic E-state index is 10.2. The van der Waals surface area contributed by atoms with Gasteiger partial charge in [0.1, 0.15) is 0 Å². The minimum absolute atomic E-state index is 0.331. The van der Waals surface area contributed by atoms with Crippen molar-refractivity contribution in [1.82, 2.24) is 0 Å². The highest BCUT2D eigenvalue weighted by atomic mass is 16.3. The molecular weight excluding hydrogens is 120 g/mol.